The summed E-state index contributed by atoms with van der Waals surface area (Å²) >= 11 is 0. The fraction of sp³-hybridized carbons (Fsp3) is 0.897. The Morgan fingerprint density at radius 2 is 1.78 bits per heavy atom. The summed E-state index contributed by atoms with van der Waals surface area (Å²) in [6.07, 6.45) is 10.8. The molecular formula is C29H47N3O5. The van der Waals surface area contributed by atoms with E-state index in [1.54, 1.807) is 0 Å². The summed E-state index contributed by atoms with van der Waals surface area (Å²) in [5.41, 5.74) is 7.17. The number of esters is 1. The molecule has 4 aliphatic carbocycles. The first-order valence-electron chi connectivity index (χ1n) is 14.6. The Hall–Kier alpha value is -1.67. The third-order valence-electron chi connectivity index (χ3n) is 11.9. The molecule has 5 fully saturated rings. The minimum atomic E-state index is -0.330. The van der Waals surface area contributed by atoms with Crippen LogP contribution in [0, 0.1) is 34.5 Å². The summed E-state index contributed by atoms with van der Waals surface area (Å²) in [5.74, 6) is 1.40. The van der Waals surface area contributed by atoms with Gasteiger partial charge in [0.2, 0.25) is 5.91 Å². The number of hydrazine groups is 1. The average molecular weight is 518 g/mol. The maximum atomic E-state index is 14.0. The minimum absolute atomic E-state index is 0.0621. The number of piperidine rings is 1. The van der Waals surface area contributed by atoms with E-state index in [4.69, 9.17) is 15.2 Å². The van der Waals surface area contributed by atoms with Gasteiger partial charge in [0.15, 0.2) is 0 Å². The predicted octanol–water partition coefficient (Wildman–Crippen LogP) is 3.67. The first kappa shape index (κ1) is 26.9. The van der Waals surface area contributed by atoms with E-state index in [9.17, 15) is 14.4 Å². The molecule has 8 heteroatoms. The first-order valence-corrected chi connectivity index (χ1v) is 14.6. The number of carbonyl (C=O) groups excluding carboxylic acids is 3. The van der Waals surface area contributed by atoms with Crippen molar-refractivity contribution in [3.63, 3.8) is 0 Å². The van der Waals surface area contributed by atoms with E-state index in [-0.39, 0.29) is 46.4 Å². The number of carbonyl (C=O) groups is 3. The minimum Gasteiger partial charge on any atom is -0.465 e. The smallest absolute Gasteiger partial charge is 0.302 e. The van der Waals surface area contributed by atoms with Gasteiger partial charge < -0.3 is 15.2 Å². The molecule has 0 aromatic carbocycles. The lowest BCUT2D eigenvalue weighted by Gasteiger charge is -2.64. The van der Waals surface area contributed by atoms with Crippen LogP contribution in [0.2, 0.25) is 0 Å². The Kier molecular flexibility index (Phi) is 7.14. The van der Waals surface area contributed by atoms with Crippen LogP contribution < -0.4 is 5.73 Å². The van der Waals surface area contributed by atoms with Gasteiger partial charge in [-0.1, -0.05) is 13.8 Å². The summed E-state index contributed by atoms with van der Waals surface area (Å²) in [6, 6.07) is 0. The van der Waals surface area contributed by atoms with Crippen molar-refractivity contribution >= 4 is 18.3 Å². The second-order valence-electron chi connectivity index (χ2n) is 13.4. The maximum absolute atomic E-state index is 14.0. The van der Waals surface area contributed by atoms with E-state index in [1.165, 1.54) is 6.92 Å². The highest BCUT2D eigenvalue weighted by atomic mass is 16.5. The molecular weight excluding hydrogens is 470 g/mol. The molecule has 0 aromatic rings. The number of hydrogen-bond acceptors (Lipinski definition) is 7. The van der Waals surface area contributed by atoms with Gasteiger partial charge in [-0.15, -0.1) is 0 Å². The number of nitrogens with zero attached hydrogens (tertiary/aromatic N) is 2. The van der Waals surface area contributed by atoms with E-state index in [0.29, 0.717) is 30.8 Å². The normalized spacial score (nSPS) is 45.6. The molecule has 0 bridgehead atoms. The molecule has 1 amide bonds. The molecule has 0 aromatic heterocycles. The van der Waals surface area contributed by atoms with Crippen LogP contribution in [0.3, 0.4) is 0 Å². The predicted molar refractivity (Wildman–Crippen MR) is 139 cm³/mol. The van der Waals surface area contributed by atoms with E-state index in [0.717, 1.165) is 77.2 Å². The monoisotopic (exact) mass is 517 g/mol. The van der Waals surface area contributed by atoms with Gasteiger partial charge in [0.25, 0.3) is 6.47 Å². The van der Waals surface area contributed by atoms with Crippen LogP contribution in [0.4, 0.5) is 0 Å². The standard InChI is InChI=1S/C29H47N3O5/c1-19(34)37-22-6-5-15-32(17-22)31(4)26(35)25-11-14-29(30)24-8-7-20-16-21(36-18-33)9-12-27(20,2)23(24)10-13-28(25,29)3/h18,20-25H,5-17,30H2,1-4H3/t20-,21?,22-,23+,24-,25-,27+,28-,29+/m1/s1. The molecule has 37 heavy (non-hydrogen) atoms. The highest BCUT2D eigenvalue weighted by Crippen LogP contribution is 2.68. The zero-order valence-electron chi connectivity index (χ0n) is 23.2. The largest absolute Gasteiger partial charge is 0.465 e. The first-order chi connectivity index (χ1) is 17.5. The van der Waals surface area contributed by atoms with Gasteiger partial charge >= 0.3 is 5.97 Å². The zero-order valence-corrected chi connectivity index (χ0v) is 23.2. The molecule has 9 atom stereocenters. The molecule has 208 valence electrons. The molecule has 8 nitrogen and oxygen atoms in total. The Bertz CT molecular complexity index is 914. The Balaban J connectivity index is 1.31. The fourth-order valence-electron chi connectivity index (χ4n) is 9.77. The number of amides is 1. The Morgan fingerprint density at radius 3 is 2.51 bits per heavy atom. The molecule has 2 N–H and O–H groups in total. The van der Waals surface area contributed by atoms with Crippen molar-refractivity contribution < 1.29 is 23.9 Å². The third kappa shape index (κ3) is 4.30. The van der Waals surface area contributed by atoms with Gasteiger partial charge in [0, 0.05) is 32.0 Å². The van der Waals surface area contributed by atoms with Crippen LogP contribution in [-0.4, -0.2) is 66.3 Å². The number of rotatable bonds is 5. The lowest BCUT2D eigenvalue weighted by Crippen LogP contribution is -2.67. The fourth-order valence-corrected chi connectivity index (χ4v) is 9.77. The van der Waals surface area contributed by atoms with E-state index in [1.807, 2.05) is 12.1 Å². The highest BCUT2D eigenvalue weighted by Gasteiger charge is 2.67. The maximum Gasteiger partial charge on any atom is 0.302 e. The average Bonchev–Trinajstić information content (AvgIpc) is 3.14. The summed E-state index contributed by atoms with van der Waals surface area (Å²) < 4.78 is 10.8. The Labute approximate surface area is 221 Å². The zero-order chi connectivity index (χ0) is 26.6. The van der Waals surface area contributed by atoms with Gasteiger partial charge in [-0.05, 0) is 99.2 Å². The number of nitrogens with two attached hydrogens (primary N) is 1. The lowest BCUT2D eigenvalue weighted by atomic mass is 9.42. The highest BCUT2D eigenvalue weighted by molar-refractivity contribution is 5.80. The van der Waals surface area contributed by atoms with Crippen LogP contribution >= 0.6 is 0 Å². The SMILES string of the molecule is CC(=O)O[C@@H]1CCCN(N(C)C(=O)[C@H]2CC[C@]3(N)[C@@H]4CC[C@@H]5CC(OC=O)CC[C@]5(C)[C@H]4CC[C@]23C)C1. The van der Waals surface area contributed by atoms with Crippen LogP contribution in [0.25, 0.3) is 0 Å². The molecule has 0 radical (unpaired) electrons. The third-order valence-corrected chi connectivity index (χ3v) is 11.9. The molecule has 1 heterocycles. The van der Waals surface area contributed by atoms with Gasteiger partial charge in [-0.2, -0.15) is 0 Å². The van der Waals surface area contributed by atoms with Gasteiger partial charge in [0.05, 0.1) is 6.54 Å². The molecule has 1 unspecified atom stereocenters. The van der Waals surface area contributed by atoms with Crippen molar-refractivity contribution in [1.82, 2.24) is 10.0 Å². The molecule has 1 aliphatic heterocycles. The van der Waals surface area contributed by atoms with E-state index >= 15 is 0 Å². The summed E-state index contributed by atoms with van der Waals surface area (Å²) in [4.78, 5) is 36.4. The van der Waals surface area contributed by atoms with Gasteiger partial charge in [0.1, 0.15) is 12.2 Å². The summed E-state index contributed by atoms with van der Waals surface area (Å²) in [6.45, 7) is 8.21. The van der Waals surface area contributed by atoms with Gasteiger partial charge in [-0.25, -0.2) is 5.01 Å². The van der Waals surface area contributed by atoms with E-state index < -0.39 is 0 Å². The Morgan fingerprint density at radius 1 is 1.00 bits per heavy atom. The van der Waals surface area contributed by atoms with Crippen molar-refractivity contribution in [2.45, 2.75) is 109 Å². The van der Waals surface area contributed by atoms with Crippen molar-refractivity contribution in [2.24, 2.45) is 40.2 Å². The van der Waals surface area contributed by atoms with Crippen molar-refractivity contribution in [3.8, 4) is 0 Å². The molecule has 1 saturated heterocycles. The van der Waals surface area contributed by atoms with Crippen LogP contribution in [0.15, 0.2) is 0 Å². The topological polar surface area (TPSA) is 102 Å². The second kappa shape index (κ2) is 9.82. The molecule has 5 aliphatic rings. The van der Waals surface area contributed by atoms with Crippen LogP contribution in [-0.2, 0) is 23.9 Å². The molecule has 5 rings (SSSR count). The molecule has 0 spiro atoms. The quantitative estimate of drug-likeness (QED) is 0.438. The van der Waals surface area contributed by atoms with Crippen LogP contribution in [0.1, 0.15) is 91.4 Å². The van der Waals surface area contributed by atoms with E-state index in [2.05, 4.69) is 18.9 Å². The molecule has 4 saturated carbocycles. The van der Waals surface area contributed by atoms with Crippen molar-refractivity contribution in [2.75, 3.05) is 20.1 Å². The summed E-state index contributed by atoms with van der Waals surface area (Å²) in [5, 5.41) is 3.88. The number of fused-ring (bicyclic) bond motifs is 5. The number of hydrogen-bond donors (Lipinski definition) is 1. The number of ether oxygens (including phenoxy) is 2. The van der Waals surface area contributed by atoms with Crippen molar-refractivity contribution in [1.29, 1.82) is 0 Å². The lowest BCUT2D eigenvalue weighted by molar-refractivity contribution is -0.172. The van der Waals surface area contributed by atoms with Crippen molar-refractivity contribution in [3.05, 3.63) is 0 Å². The summed E-state index contributed by atoms with van der Waals surface area (Å²) in [7, 11) is 1.88. The van der Waals surface area contributed by atoms with Gasteiger partial charge in [-0.3, -0.25) is 19.4 Å². The second-order valence-corrected chi connectivity index (χ2v) is 13.4. The van der Waals surface area contributed by atoms with Crippen LogP contribution in [0.5, 0.6) is 0 Å².